The Balaban J connectivity index is 5.22. The van der Waals surface area contributed by atoms with Crippen molar-refractivity contribution < 1.29 is 80.2 Å². The molecule has 0 saturated heterocycles. The standard InChI is InChI=1S/C67H130O17P2/c1-9-59(7)45-37-29-22-25-32-40-48-65(70)78-53-62(83-66(71)49-41-33-20-18-16-14-12-11-13-15-17-19-27-35-43-57(3)4)55-81-85(73,74)79-51-61(68)52-80-86(75,76)82-56-63(54-77-64(69)47-39-31-24-21-28-36-44-58(5)6)84-67(72)50-42-34-26-23-30-38-46-60(8)10-2/h57-63,68H,9-56H2,1-8H3,(H,73,74)(H,75,76)/t59?,60?,61-,62+,63+/m0/s1. The highest BCUT2D eigenvalue weighted by molar-refractivity contribution is 7.47. The van der Waals surface area contributed by atoms with E-state index in [9.17, 15) is 43.2 Å². The molecular weight excluding hydrogens is 1140 g/mol. The minimum Gasteiger partial charge on any atom is -0.462 e. The third-order valence-electron chi connectivity index (χ3n) is 16.0. The zero-order chi connectivity index (χ0) is 63.9. The maximum Gasteiger partial charge on any atom is 0.472 e. The van der Waals surface area contributed by atoms with Gasteiger partial charge in [0.25, 0.3) is 0 Å². The SMILES string of the molecule is CCC(C)CCCCCCCCC(=O)OC[C@H](COP(=O)(O)OC[C@H](O)COP(=O)(O)OC[C@@H](COC(=O)CCCCCCCCC(C)C)OC(=O)CCCCCCCCC(C)CC)OC(=O)CCCCCCCCCCCCCCCCC(C)C. The lowest BCUT2D eigenvalue weighted by Gasteiger charge is -2.21. The number of ether oxygens (including phenoxy) is 4. The molecule has 0 fully saturated rings. The van der Waals surface area contributed by atoms with Gasteiger partial charge in [0.2, 0.25) is 0 Å². The molecule has 19 heteroatoms. The van der Waals surface area contributed by atoms with Crippen LogP contribution in [-0.2, 0) is 65.4 Å². The number of carbonyl (C=O) groups is 4. The number of carbonyl (C=O) groups excluding carboxylic acids is 4. The van der Waals surface area contributed by atoms with Crippen LogP contribution >= 0.6 is 15.6 Å². The highest BCUT2D eigenvalue weighted by Crippen LogP contribution is 2.45. The second-order valence-corrected chi connectivity index (χ2v) is 28.6. The smallest absolute Gasteiger partial charge is 0.462 e. The van der Waals surface area contributed by atoms with Crippen molar-refractivity contribution in [1.29, 1.82) is 0 Å². The zero-order valence-electron chi connectivity index (χ0n) is 55.9. The van der Waals surface area contributed by atoms with Gasteiger partial charge in [-0.3, -0.25) is 37.3 Å². The molecule has 0 aromatic heterocycles. The van der Waals surface area contributed by atoms with E-state index in [0.717, 1.165) is 120 Å². The van der Waals surface area contributed by atoms with Crippen molar-refractivity contribution in [2.75, 3.05) is 39.6 Å². The molecule has 86 heavy (non-hydrogen) atoms. The highest BCUT2D eigenvalue weighted by atomic mass is 31.2. The summed E-state index contributed by atoms with van der Waals surface area (Å²) in [7, 11) is -9.89. The molecular formula is C67H130O17P2. The van der Waals surface area contributed by atoms with E-state index in [2.05, 4.69) is 55.4 Å². The second-order valence-electron chi connectivity index (χ2n) is 25.6. The highest BCUT2D eigenvalue weighted by Gasteiger charge is 2.30. The predicted octanol–water partition coefficient (Wildman–Crippen LogP) is 18.5. The van der Waals surface area contributed by atoms with E-state index >= 15 is 0 Å². The number of rotatable bonds is 64. The molecule has 17 nitrogen and oxygen atoms in total. The maximum atomic E-state index is 13.0. The van der Waals surface area contributed by atoms with Gasteiger partial charge in [0.05, 0.1) is 26.4 Å². The van der Waals surface area contributed by atoms with E-state index in [1.54, 1.807) is 0 Å². The van der Waals surface area contributed by atoms with Gasteiger partial charge in [-0.15, -0.1) is 0 Å². The van der Waals surface area contributed by atoms with Crippen LogP contribution in [0.2, 0.25) is 0 Å². The topological polar surface area (TPSA) is 237 Å². The number of unbranched alkanes of at least 4 members (excludes halogenated alkanes) is 28. The molecule has 0 aromatic carbocycles. The lowest BCUT2D eigenvalue weighted by molar-refractivity contribution is -0.161. The number of phosphoric acid groups is 2. The molecule has 0 saturated carbocycles. The summed E-state index contributed by atoms with van der Waals surface area (Å²) in [4.78, 5) is 72.3. The summed E-state index contributed by atoms with van der Waals surface area (Å²) in [6.07, 6.45) is 37.8. The summed E-state index contributed by atoms with van der Waals surface area (Å²) >= 11 is 0. The monoisotopic (exact) mass is 1270 g/mol. The summed E-state index contributed by atoms with van der Waals surface area (Å²) in [6.45, 7) is 14.0. The van der Waals surface area contributed by atoms with Crippen molar-refractivity contribution in [3.63, 3.8) is 0 Å². The van der Waals surface area contributed by atoms with Gasteiger partial charge in [0, 0.05) is 25.7 Å². The third kappa shape index (κ3) is 58.4. The lowest BCUT2D eigenvalue weighted by Crippen LogP contribution is -2.30. The first-order chi connectivity index (χ1) is 41.2. The maximum absolute atomic E-state index is 13.0. The molecule has 0 aliphatic rings. The van der Waals surface area contributed by atoms with Crippen molar-refractivity contribution in [2.24, 2.45) is 23.7 Å². The number of hydrogen-bond donors (Lipinski definition) is 3. The second kappa shape index (κ2) is 57.0. The fourth-order valence-electron chi connectivity index (χ4n) is 9.89. The van der Waals surface area contributed by atoms with Gasteiger partial charge < -0.3 is 33.8 Å². The molecule has 3 N–H and O–H groups in total. The third-order valence-corrected chi connectivity index (χ3v) is 17.9. The number of aliphatic hydroxyl groups excluding tert-OH is 1. The van der Waals surface area contributed by atoms with E-state index in [-0.39, 0.29) is 25.7 Å². The first-order valence-electron chi connectivity index (χ1n) is 34.8. The predicted molar refractivity (Wildman–Crippen MR) is 344 cm³/mol. The fourth-order valence-corrected chi connectivity index (χ4v) is 11.5. The van der Waals surface area contributed by atoms with Crippen molar-refractivity contribution >= 4 is 39.5 Å². The fraction of sp³-hybridized carbons (Fsp3) is 0.940. The van der Waals surface area contributed by atoms with E-state index in [1.807, 2.05) is 0 Å². The molecule has 0 rings (SSSR count). The van der Waals surface area contributed by atoms with Gasteiger partial charge in [-0.1, -0.05) is 274 Å². The van der Waals surface area contributed by atoms with Gasteiger partial charge in [-0.2, -0.15) is 0 Å². The van der Waals surface area contributed by atoms with Crippen LogP contribution in [0.25, 0.3) is 0 Å². The van der Waals surface area contributed by atoms with Crippen molar-refractivity contribution in [2.45, 2.75) is 343 Å². The van der Waals surface area contributed by atoms with E-state index in [1.165, 1.54) is 116 Å². The van der Waals surface area contributed by atoms with Crippen LogP contribution in [0.15, 0.2) is 0 Å². The quantitative estimate of drug-likeness (QED) is 0.0222. The molecule has 0 heterocycles. The molecule has 0 bridgehead atoms. The Morgan fingerprint density at radius 2 is 0.558 bits per heavy atom. The van der Waals surface area contributed by atoms with Gasteiger partial charge >= 0.3 is 39.5 Å². The Hall–Kier alpha value is -1.94. The average Bonchev–Trinajstić information content (AvgIpc) is 3.67. The number of phosphoric ester groups is 2. The van der Waals surface area contributed by atoms with E-state index in [4.69, 9.17) is 37.0 Å². The van der Waals surface area contributed by atoms with Crippen molar-refractivity contribution in [3.05, 3.63) is 0 Å². The van der Waals surface area contributed by atoms with Gasteiger partial charge in [0.1, 0.15) is 19.3 Å². The van der Waals surface area contributed by atoms with E-state index in [0.29, 0.717) is 31.6 Å². The molecule has 4 unspecified atom stereocenters. The van der Waals surface area contributed by atoms with E-state index < -0.39 is 97.5 Å². The van der Waals surface area contributed by atoms with Gasteiger partial charge in [-0.25, -0.2) is 9.13 Å². The van der Waals surface area contributed by atoms with Crippen LogP contribution in [0.4, 0.5) is 0 Å². The minimum atomic E-state index is -4.95. The van der Waals surface area contributed by atoms with Gasteiger partial charge in [-0.05, 0) is 49.4 Å². The normalized spacial score (nSPS) is 15.0. The molecule has 0 aliphatic heterocycles. The van der Waals surface area contributed by atoms with Gasteiger partial charge in [0.15, 0.2) is 12.2 Å². The summed E-state index contributed by atoms with van der Waals surface area (Å²) in [5.41, 5.74) is 0. The Bertz CT molecular complexity index is 1720. The molecule has 0 amide bonds. The first-order valence-corrected chi connectivity index (χ1v) is 37.8. The Kier molecular flexibility index (Phi) is 55.7. The Labute approximate surface area is 524 Å². The van der Waals surface area contributed by atoms with Crippen LogP contribution < -0.4 is 0 Å². The molecule has 0 aromatic rings. The molecule has 0 spiro atoms. The van der Waals surface area contributed by atoms with Crippen molar-refractivity contribution in [3.8, 4) is 0 Å². The lowest BCUT2D eigenvalue weighted by atomic mass is 10.00. The molecule has 0 aliphatic carbocycles. The van der Waals surface area contributed by atoms with Crippen LogP contribution in [-0.4, -0.2) is 96.7 Å². The first kappa shape index (κ1) is 84.1. The summed E-state index contributed by atoms with van der Waals surface area (Å²) < 4.78 is 68.1. The summed E-state index contributed by atoms with van der Waals surface area (Å²) in [5, 5.41) is 10.6. The largest absolute Gasteiger partial charge is 0.472 e. The Morgan fingerprint density at radius 3 is 0.826 bits per heavy atom. The van der Waals surface area contributed by atoms with Crippen LogP contribution in [0, 0.1) is 23.7 Å². The van der Waals surface area contributed by atoms with Crippen molar-refractivity contribution in [1.82, 2.24) is 0 Å². The van der Waals surface area contributed by atoms with Crippen LogP contribution in [0.5, 0.6) is 0 Å². The molecule has 7 atom stereocenters. The average molecular weight is 1270 g/mol. The minimum absolute atomic E-state index is 0.101. The zero-order valence-corrected chi connectivity index (χ0v) is 57.7. The Morgan fingerprint density at radius 1 is 0.326 bits per heavy atom. The van der Waals surface area contributed by atoms with Crippen LogP contribution in [0.3, 0.4) is 0 Å². The molecule has 510 valence electrons. The summed E-state index contributed by atoms with van der Waals surface area (Å²) in [5.74, 6) is 0.786. The van der Waals surface area contributed by atoms with Crippen LogP contribution in [0.1, 0.15) is 325 Å². The number of aliphatic hydroxyl groups is 1. The summed E-state index contributed by atoms with van der Waals surface area (Å²) in [6, 6.07) is 0. The molecule has 0 radical (unpaired) electrons. The number of hydrogen-bond acceptors (Lipinski definition) is 15. The number of esters is 4.